The molecule has 2 aliphatic rings. The summed E-state index contributed by atoms with van der Waals surface area (Å²) in [7, 11) is 0. The number of rotatable bonds is 4. The minimum Gasteiger partial charge on any atom is -0.342 e. The van der Waals surface area contributed by atoms with Gasteiger partial charge in [0, 0.05) is 23.6 Å². The van der Waals surface area contributed by atoms with Crippen molar-refractivity contribution in [2.24, 2.45) is 5.92 Å². The van der Waals surface area contributed by atoms with Gasteiger partial charge in [-0.25, -0.2) is 0 Å². The first kappa shape index (κ1) is 16.8. The summed E-state index contributed by atoms with van der Waals surface area (Å²) in [6, 6.07) is 20.6. The van der Waals surface area contributed by atoms with E-state index in [2.05, 4.69) is 29.2 Å². The van der Waals surface area contributed by atoms with Crippen LogP contribution in [0.5, 0.6) is 0 Å². The fraction of sp³-hybridized carbons (Fsp3) is 0.455. The lowest BCUT2D eigenvalue weighted by atomic mass is 9.95. The van der Waals surface area contributed by atoms with Crippen molar-refractivity contribution in [3.8, 4) is 0 Å². The van der Waals surface area contributed by atoms with Crippen molar-refractivity contribution in [2.45, 2.75) is 25.0 Å². The molecule has 2 aromatic rings. The third kappa shape index (κ3) is 3.64. The summed E-state index contributed by atoms with van der Waals surface area (Å²) in [5.74, 6) is -0.334. The molecule has 2 heterocycles. The van der Waals surface area contributed by atoms with E-state index in [9.17, 15) is 0 Å². The molecule has 2 aliphatic heterocycles. The SMILES string of the molecule is c1ccc(C2(c3ccccc3)OCC(CN3CCCCC3)CO2)cc1. The van der Waals surface area contributed by atoms with E-state index in [1.807, 2.05) is 36.4 Å². The summed E-state index contributed by atoms with van der Waals surface area (Å²) in [4.78, 5) is 2.57. The maximum Gasteiger partial charge on any atom is 0.222 e. The molecule has 132 valence electrons. The highest BCUT2D eigenvalue weighted by Gasteiger charge is 2.41. The van der Waals surface area contributed by atoms with E-state index in [0.717, 1.165) is 30.9 Å². The molecule has 3 nitrogen and oxygen atoms in total. The molecule has 25 heavy (non-hydrogen) atoms. The Morgan fingerprint density at radius 1 is 0.760 bits per heavy atom. The second-order valence-corrected chi connectivity index (χ2v) is 7.20. The van der Waals surface area contributed by atoms with Crippen LogP contribution in [0, 0.1) is 5.92 Å². The Bertz CT molecular complexity index is 603. The number of benzene rings is 2. The van der Waals surface area contributed by atoms with E-state index in [0.29, 0.717) is 5.92 Å². The van der Waals surface area contributed by atoms with Gasteiger partial charge in [-0.2, -0.15) is 0 Å². The standard InChI is InChI=1S/C22H27NO2/c1-4-10-20(11-5-1)22(21-12-6-2-7-13-21)24-17-19(18-25-22)16-23-14-8-3-9-15-23/h1-2,4-7,10-13,19H,3,8-9,14-18H2. The van der Waals surface area contributed by atoms with Crippen LogP contribution in [0.15, 0.2) is 60.7 Å². The fourth-order valence-corrected chi connectivity index (χ4v) is 3.99. The fourth-order valence-electron chi connectivity index (χ4n) is 3.99. The van der Waals surface area contributed by atoms with Gasteiger partial charge in [0.2, 0.25) is 5.79 Å². The van der Waals surface area contributed by atoms with Crippen LogP contribution < -0.4 is 0 Å². The first-order valence-electron chi connectivity index (χ1n) is 9.48. The Morgan fingerprint density at radius 3 is 1.80 bits per heavy atom. The quantitative estimate of drug-likeness (QED) is 0.840. The molecule has 0 spiro atoms. The van der Waals surface area contributed by atoms with Gasteiger partial charge in [-0.3, -0.25) is 0 Å². The molecule has 0 bridgehead atoms. The van der Waals surface area contributed by atoms with Crippen LogP contribution in [0.1, 0.15) is 30.4 Å². The highest BCUT2D eigenvalue weighted by molar-refractivity contribution is 5.34. The molecule has 0 aromatic heterocycles. The zero-order valence-corrected chi connectivity index (χ0v) is 14.8. The van der Waals surface area contributed by atoms with E-state index >= 15 is 0 Å². The minimum absolute atomic E-state index is 0.443. The molecule has 0 N–H and O–H groups in total. The first-order valence-corrected chi connectivity index (χ1v) is 9.48. The predicted molar refractivity (Wildman–Crippen MR) is 99.3 cm³/mol. The average molecular weight is 337 g/mol. The zero-order chi connectivity index (χ0) is 17.0. The summed E-state index contributed by atoms with van der Waals surface area (Å²) in [6.07, 6.45) is 4.03. The van der Waals surface area contributed by atoms with Gasteiger partial charge in [0.15, 0.2) is 0 Å². The monoisotopic (exact) mass is 337 g/mol. The van der Waals surface area contributed by atoms with E-state index < -0.39 is 5.79 Å². The van der Waals surface area contributed by atoms with Crippen LogP contribution in [0.25, 0.3) is 0 Å². The van der Waals surface area contributed by atoms with E-state index in [4.69, 9.17) is 9.47 Å². The molecule has 0 radical (unpaired) electrons. The van der Waals surface area contributed by atoms with Gasteiger partial charge >= 0.3 is 0 Å². The number of hydrogen-bond acceptors (Lipinski definition) is 3. The van der Waals surface area contributed by atoms with Gasteiger partial charge < -0.3 is 14.4 Å². The van der Waals surface area contributed by atoms with Gasteiger partial charge in [0.1, 0.15) is 0 Å². The van der Waals surface area contributed by atoms with Crippen molar-refractivity contribution >= 4 is 0 Å². The molecular formula is C22H27NO2. The summed E-state index contributed by atoms with van der Waals surface area (Å²) >= 11 is 0. The molecule has 0 unspecified atom stereocenters. The van der Waals surface area contributed by atoms with Crippen LogP contribution in [0.4, 0.5) is 0 Å². The van der Waals surface area contributed by atoms with E-state index in [1.165, 1.54) is 32.4 Å². The first-order chi connectivity index (χ1) is 12.4. The summed E-state index contributed by atoms with van der Waals surface area (Å²) < 4.78 is 12.9. The number of ether oxygens (including phenoxy) is 2. The lowest BCUT2D eigenvalue weighted by Gasteiger charge is -2.42. The molecule has 4 rings (SSSR count). The van der Waals surface area contributed by atoms with Gasteiger partial charge in [-0.05, 0) is 25.9 Å². The Hall–Kier alpha value is -1.68. The second-order valence-electron chi connectivity index (χ2n) is 7.20. The molecule has 0 amide bonds. The third-order valence-corrected chi connectivity index (χ3v) is 5.32. The van der Waals surface area contributed by atoms with Crippen molar-refractivity contribution in [3.63, 3.8) is 0 Å². The topological polar surface area (TPSA) is 21.7 Å². The minimum atomic E-state index is -0.777. The smallest absolute Gasteiger partial charge is 0.222 e. The predicted octanol–water partition coefficient (Wildman–Crippen LogP) is 4.04. The van der Waals surface area contributed by atoms with Crippen LogP contribution in [0.2, 0.25) is 0 Å². The second kappa shape index (κ2) is 7.69. The molecule has 2 fully saturated rings. The average Bonchev–Trinajstić information content (AvgIpc) is 2.71. The molecule has 2 aromatic carbocycles. The van der Waals surface area contributed by atoms with Crippen LogP contribution in [-0.4, -0.2) is 37.7 Å². The zero-order valence-electron chi connectivity index (χ0n) is 14.8. The highest BCUT2D eigenvalue weighted by atomic mass is 16.7. The normalized spacial score (nSPS) is 21.9. The Kier molecular flexibility index (Phi) is 5.16. The van der Waals surface area contributed by atoms with E-state index in [1.54, 1.807) is 0 Å². The van der Waals surface area contributed by atoms with E-state index in [-0.39, 0.29) is 0 Å². The van der Waals surface area contributed by atoms with Crippen molar-refractivity contribution in [2.75, 3.05) is 32.8 Å². The lowest BCUT2D eigenvalue weighted by Crippen LogP contribution is -2.46. The van der Waals surface area contributed by atoms with Gasteiger partial charge in [0.25, 0.3) is 0 Å². The van der Waals surface area contributed by atoms with Gasteiger partial charge in [0.05, 0.1) is 13.2 Å². The van der Waals surface area contributed by atoms with Crippen LogP contribution >= 0.6 is 0 Å². The summed E-state index contributed by atoms with van der Waals surface area (Å²) in [5.41, 5.74) is 2.13. The van der Waals surface area contributed by atoms with Gasteiger partial charge in [-0.15, -0.1) is 0 Å². The van der Waals surface area contributed by atoms with Crippen molar-refractivity contribution in [3.05, 3.63) is 71.8 Å². The molecule has 0 atom stereocenters. The lowest BCUT2D eigenvalue weighted by molar-refractivity contribution is -0.268. The molecular weight excluding hydrogens is 310 g/mol. The molecule has 3 heteroatoms. The highest BCUT2D eigenvalue weighted by Crippen LogP contribution is 2.38. The van der Waals surface area contributed by atoms with Crippen molar-refractivity contribution in [1.29, 1.82) is 0 Å². The van der Waals surface area contributed by atoms with Crippen LogP contribution in [-0.2, 0) is 15.3 Å². The summed E-state index contributed by atoms with van der Waals surface area (Å²) in [5, 5.41) is 0. The Labute approximate surface area is 150 Å². The molecule has 0 aliphatic carbocycles. The maximum atomic E-state index is 6.44. The molecule has 2 saturated heterocycles. The maximum absolute atomic E-state index is 6.44. The third-order valence-electron chi connectivity index (χ3n) is 5.32. The van der Waals surface area contributed by atoms with Crippen LogP contribution in [0.3, 0.4) is 0 Å². The Morgan fingerprint density at radius 2 is 1.28 bits per heavy atom. The number of piperidine rings is 1. The van der Waals surface area contributed by atoms with Crippen molar-refractivity contribution in [1.82, 2.24) is 4.90 Å². The largest absolute Gasteiger partial charge is 0.342 e. The van der Waals surface area contributed by atoms with Crippen molar-refractivity contribution < 1.29 is 9.47 Å². The van der Waals surface area contributed by atoms with Gasteiger partial charge in [-0.1, -0.05) is 67.1 Å². The molecule has 0 saturated carbocycles. The Balaban J connectivity index is 1.52. The number of nitrogens with zero attached hydrogens (tertiary/aromatic N) is 1. The summed E-state index contributed by atoms with van der Waals surface area (Å²) in [6.45, 7) is 5.00. The number of likely N-dealkylation sites (tertiary alicyclic amines) is 1. The number of hydrogen-bond donors (Lipinski definition) is 0.